The van der Waals surface area contributed by atoms with Crippen molar-refractivity contribution in [1.29, 1.82) is 0 Å². The van der Waals surface area contributed by atoms with Gasteiger partial charge in [-0.1, -0.05) is 13.8 Å². The Kier molecular flexibility index (Phi) is 5.82. The van der Waals surface area contributed by atoms with Gasteiger partial charge in [0.25, 0.3) is 0 Å². The largest absolute Gasteiger partial charge is 0.390 e. The second-order valence-electron chi connectivity index (χ2n) is 5.80. The summed E-state index contributed by atoms with van der Waals surface area (Å²) in [6.07, 6.45) is 6.09. The SMILES string of the molecule is CC(C)CNCCC(C)(O)CCc1nccn1C. The number of nitrogens with zero attached hydrogens (tertiary/aromatic N) is 2. The number of aromatic nitrogens is 2. The lowest BCUT2D eigenvalue weighted by molar-refractivity contribution is 0.0418. The fourth-order valence-corrected chi connectivity index (χ4v) is 1.89. The molecule has 0 aliphatic rings. The van der Waals surface area contributed by atoms with E-state index in [0.29, 0.717) is 5.92 Å². The summed E-state index contributed by atoms with van der Waals surface area (Å²) in [4.78, 5) is 4.27. The first-order valence-electron chi connectivity index (χ1n) is 6.80. The van der Waals surface area contributed by atoms with Crippen LogP contribution in [0, 0.1) is 5.92 Å². The van der Waals surface area contributed by atoms with Crippen molar-refractivity contribution < 1.29 is 5.11 Å². The Morgan fingerprint density at radius 2 is 2.17 bits per heavy atom. The zero-order chi connectivity index (χ0) is 13.6. The Morgan fingerprint density at radius 1 is 1.44 bits per heavy atom. The van der Waals surface area contributed by atoms with Gasteiger partial charge in [0.2, 0.25) is 0 Å². The van der Waals surface area contributed by atoms with Gasteiger partial charge < -0.3 is 15.0 Å². The van der Waals surface area contributed by atoms with Gasteiger partial charge in [-0.15, -0.1) is 0 Å². The van der Waals surface area contributed by atoms with Crippen LogP contribution < -0.4 is 5.32 Å². The molecule has 1 unspecified atom stereocenters. The van der Waals surface area contributed by atoms with Crippen molar-refractivity contribution in [3.05, 3.63) is 18.2 Å². The fourth-order valence-electron chi connectivity index (χ4n) is 1.89. The molecule has 0 aliphatic carbocycles. The van der Waals surface area contributed by atoms with Gasteiger partial charge in [0.1, 0.15) is 5.82 Å². The van der Waals surface area contributed by atoms with Crippen LogP contribution in [0.3, 0.4) is 0 Å². The second-order valence-corrected chi connectivity index (χ2v) is 5.80. The maximum Gasteiger partial charge on any atom is 0.108 e. The topological polar surface area (TPSA) is 50.1 Å². The number of hydrogen-bond donors (Lipinski definition) is 2. The molecule has 4 nitrogen and oxygen atoms in total. The first-order chi connectivity index (χ1) is 8.41. The van der Waals surface area contributed by atoms with Crippen molar-refractivity contribution in [1.82, 2.24) is 14.9 Å². The minimum absolute atomic E-state index is 0.615. The van der Waals surface area contributed by atoms with Gasteiger partial charge in [0.05, 0.1) is 5.60 Å². The molecule has 1 rings (SSSR count). The molecule has 1 aromatic heterocycles. The number of aliphatic hydroxyl groups is 1. The number of rotatable bonds is 8. The maximum atomic E-state index is 10.3. The molecule has 1 atom stereocenters. The lowest BCUT2D eigenvalue weighted by Crippen LogP contribution is -2.32. The summed E-state index contributed by atoms with van der Waals surface area (Å²) in [6, 6.07) is 0. The third-order valence-corrected chi connectivity index (χ3v) is 3.20. The lowest BCUT2D eigenvalue weighted by Gasteiger charge is -2.23. The van der Waals surface area contributed by atoms with Gasteiger partial charge in [-0.3, -0.25) is 0 Å². The zero-order valence-electron chi connectivity index (χ0n) is 12.1. The number of hydrogen-bond acceptors (Lipinski definition) is 3. The molecule has 0 amide bonds. The van der Waals surface area contributed by atoms with E-state index in [-0.39, 0.29) is 0 Å². The normalized spacial score (nSPS) is 15.0. The van der Waals surface area contributed by atoms with E-state index >= 15 is 0 Å². The monoisotopic (exact) mass is 253 g/mol. The van der Waals surface area contributed by atoms with E-state index in [4.69, 9.17) is 0 Å². The molecule has 1 heterocycles. The summed E-state index contributed by atoms with van der Waals surface area (Å²) in [5.41, 5.74) is -0.615. The predicted octanol–water partition coefficient (Wildman–Crippen LogP) is 1.74. The van der Waals surface area contributed by atoms with Crippen LogP contribution in [0.1, 0.15) is 39.4 Å². The van der Waals surface area contributed by atoms with E-state index in [1.807, 2.05) is 24.7 Å². The predicted molar refractivity (Wildman–Crippen MR) is 74.5 cm³/mol. The fraction of sp³-hybridized carbons (Fsp3) is 0.786. The quantitative estimate of drug-likeness (QED) is 0.694. The van der Waals surface area contributed by atoms with Crippen LogP contribution >= 0.6 is 0 Å². The highest BCUT2D eigenvalue weighted by atomic mass is 16.3. The zero-order valence-corrected chi connectivity index (χ0v) is 12.1. The molecule has 104 valence electrons. The van der Waals surface area contributed by atoms with Crippen LogP contribution in [0.5, 0.6) is 0 Å². The van der Waals surface area contributed by atoms with E-state index in [1.165, 1.54) is 0 Å². The Bertz CT molecular complexity index is 345. The van der Waals surface area contributed by atoms with Crippen molar-refractivity contribution >= 4 is 0 Å². The van der Waals surface area contributed by atoms with E-state index in [1.54, 1.807) is 6.20 Å². The van der Waals surface area contributed by atoms with Gasteiger partial charge in [-0.2, -0.15) is 0 Å². The summed E-state index contributed by atoms with van der Waals surface area (Å²) in [7, 11) is 1.99. The highest BCUT2D eigenvalue weighted by molar-refractivity contribution is 4.93. The number of imidazole rings is 1. The molecule has 0 aliphatic heterocycles. The average Bonchev–Trinajstić information content (AvgIpc) is 2.68. The minimum atomic E-state index is -0.615. The van der Waals surface area contributed by atoms with Crippen molar-refractivity contribution in [2.75, 3.05) is 13.1 Å². The molecule has 0 saturated heterocycles. The van der Waals surface area contributed by atoms with Gasteiger partial charge in [0, 0.05) is 25.9 Å². The van der Waals surface area contributed by atoms with Crippen molar-refractivity contribution in [2.45, 2.75) is 45.6 Å². The van der Waals surface area contributed by atoms with Gasteiger partial charge >= 0.3 is 0 Å². The molecule has 0 aromatic carbocycles. The standard InChI is InChI=1S/C14H27N3O/c1-12(2)11-15-8-7-14(3,18)6-5-13-16-9-10-17(13)4/h9-10,12,15,18H,5-8,11H2,1-4H3. The molecule has 2 N–H and O–H groups in total. The molecule has 0 spiro atoms. The smallest absolute Gasteiger partial charge is 0.108 e. The van der Waals surface area contributed by atoms with Crippen LogP contribution in [0.2, 0.25) is 0 Å². The molecule has 0 bridgehead atoms. The summed E-state index contributed by atoms with van der Waals surface area (Å²) in [6.45, 7) is 8.16. The average molecular weight is 253 g/mol. The third-order valence-electron chi connectivity index (χ3n) is 3.20. The second kappa shape index (κ2) is 6.90. The van der Waals surface area contributed by atoms with Crippen LogP contribution in [-0.2, 0) is 13.5 Å². The lowest BCUT2D eigenvalue weighted by atomic mass is 9.96. The molecular weight excluding hydrogens is 226 g/mol. The van der Waals surface area contributed by atoms with Crippen molar-refractivity contribution in [2.24, 2.45) is 13.0 Å². The number of aryl methyl sites for hydroxylation is 2. The Hall–Kier alpha value is -0.870. The molecular formula is C14H27N3O. The third kappa shape index (κ3) is 5.65. The maximum absolute atomic E-state index is 10.3. The minimum Gasteiger partial charge on any atom is -0.390 e. The van der Waals surface area contributed by atoms with E-state index in [9.17, 15) is 5.11 Å². The first-order valence-corrected chi connectivity index (χ1v) is 6.80. The molecule has 0 radical (unpaired) electrons. The number of nitrogens with one attached hydrogen (secondary N) is 1. The van der Waals surface area contributed by atoms with Gasteiger partial charge in [0.15, 0.2) is 0 Å². The summed E-state index contributed by atoms with van der Waals surface area (Å²) >= 11 is 0. The van der Waals surface area contributed by atoms with Crippen LogP contribution in [0.4, 0.5) is 0 Å². The summed E-state index contributed by atoms with van der Waals surface area (Å²) in [5.74, 6) is 1.69. The summed E-state index contributed by atoms with van der Waals surface area (Å²) in [5, 5.41) is 13.7. The molecule has 1 aromatic rings. The van der Waals surface area contributed by atoms with Crippen LogP contribution in [0.25, 0.3) is 0 Å². The Balaban J connectivity index is 2.25. The van der Waals surface area contributed by atoms with Crippen LogP contribution in [-0.4, -0.2) is 33.3 Å². The van der Waals surface area contributed by atoms with E-state index in [2.05, 4.69) is 24.1 Å². The van der Waals surface area contributed by atoms with E-state index in [0.717, 1.165) is 38.2 Å². The van der Waals surface area contributed by atoms with Crippen LogP contribution in [0.15, 0.2) is 12.4 Å². The molecule has 4 heteroatoms. The van der Waals surface area contributed by atoms with Crippen molar-refractivity contribution in [3.63, 3.8) is 0 Å². The highest BCUT2D eigenvalue weighted by Crippen LogP contribution is 2.16. The highest BCUT2D eigenvalue weighted by Gasteiger charge is 2.20. The van der Waals surface area contributed by atoms with Gasteiger partial charge in [-0.05, 0) is 38.8 Å². The van der Waals surface area contributed by atoms with Crippen molar-refractivity contribution in [3.8, 4) is 0 Å². The van der Waals surface area contributed by atoms with Gasteiger partial charge in [-0.25, -0.2) is 4.98 Å². The first kappa shape index (κ1) is 15.2. The van der Waals surface area contributed by atoms with E-state index < -0.39 is 5.60 Å². The Morgan fingerprint density at radius 3 is 2.72 bits per heavy atom. The molecule has 18 heavy (non-hydrogen) atoms. The molecule has 0 fully saturated rings. The summed E-state index contributed by atoms with van der Waals surface area (Å²) < 4.78 is 2.01. The Labute approximate surface area is 110 Å². The molecule has 0 saturated carbocycles.